The lowest BCUT2D eigenvalue weighted by atomic mass is 10.1. The highest BCUT2D eigenvalue weighted by molar-refractivity contribution is 6.08. The second kappa shape index (κ2) is 7.40. The summed E-state index contributed by atoms with van der Waals surface area (Å²) in [5.74, 6) is 0.0294. The number of aromatic nitrogens is 4. The number of hydrogen-bond donors (Lipinski definition) is 3. The number of oxazole rings is 1. The summed E-state index contributed by atoms with van der Waals surface area (Å²) >= 11 is 0. The monoisotopic (exact) mass is 419 g/mol. The first-order valence-corrected chi connectivity index (χ1v) is 9.85. The summed E-state index contributed by atoms with van der Waals surface area (Å²) in [5.41, 5.74) is 9.95. The number of aliphatic hydroxyl groups excluding tert-OH is 1. The summed E-state index contributed by atoms with van der Waals surface area (Å²) in [6, 6.07) is 7.48. The highest BCUT2D eigenvalue weighted by Crippen LogP contribution is 2.37. The maximum Gasteiger partial charge on any atom is 0.277 e. The Kier molecular flexibility index (Phi) is 4.55. The molecule has 5 rings (SSSR count). The van der Waals surface area contributed by atoms with Crippen LogP contribution in [0.1, 0.15) is 16.9 Å². The van der Waals surface area contributed by atoms with Crippen LogP contribution in [0.25, 0.3) is 22.2 Å². The summed E-state index contributed by atoms with van der Waals surface area (Å²) in [4.78, 5) is 22.7. The van der Waals surface area contributed by atoms with Crippen LogP contribution in [-0.4, -0.2) is 50.0 Å². The highest BCUT2D eigenvalue weighted by atomic mass is 16.3. The number of β-amino-alcohol motifs (C(OH)–C–C–N with tert-alkyl or cyclic N) is 1. The summed E-state index contributed by atoms with van der Waals surface area (Å²) in [7, 11) is 1.86. The van der Waals surface area contributed by atoms with Crippen LogP contribution in [0.2, 0.25) is 0 Å². The molecule has 158 valence electrons. The Hall–Kier alpha value is -3.92. The third-order valence-corrected chi connectivity index (χ3v) is 5.42. The number of rotatable bonds is 4. The molecule has 1 atom stereocenters. The second-order valence-electron chi connectivity index (χ2n) is 7.54. The number of fused-ring (bicyclic) bond motifs is 1. The average molecular weight is 419 g/mol. The highest BCUT2D eigenvalue weighted by Gasteiger charge is 2.25. The largest absolute Gasteiger partial charge is 0.451 e. The lowest BCUT2D eigenvalue weighted by Crippen LogP contribution is -2.23. The van der Waals surface area contributed by atoms with E-state index in [1.54, 1.807) is 16.9 Å². The van der Waals surface area contributed by atoms with Crippen LogP contribution in [0.3, 0.4) is 0 Å². The molecule has 1 amide bonds. The van der Waals surface area contributed by atoms with Gasteiger partial charge in [0.2, 0.25) is 0 Å². The number of nitrogens with two attached hydrogens (primary N) is 1. The van der Waals surface area contributed by atoms with E-state index in [0.717, 1.165) is 27.8 Å². The minimum absolute atomic E-state index is 0.181. The summed E-state index contributed by atoms with van der Waals surface area (Å²) in [6.07, 6.45) is 4.41. The molecule has 0 spiro atoms. The first-order chi connectivity index (χ1) is 15.0. The number of nitrogen functional groups attached to an aromatic ring is 1. The van der Waals surface area contributed by atoms with E-state index < -0.39 is 6.10 Å². The fourth-order valence-electron chi connectivity index (χ4n) is 4.01. The van der Waals surface area contributed by atoms with Crippen molar-refractivity contribution in [2.75, 3.05) is 29.0 Å². The molecule has 4 heterocycles. The number of amides is 1. The normalized spacial score (nSPS) is 16.2. The number of nitrogens with zero attached hydrogens (tertiary/aromatic N) is 5. The molecule has 0 aliphatic carbocycles. The van der Waals surface area contributed by atoms with Gasteiger partial charge in [-0.2, -0.15) is 5.10 Å². The van der Waals surface area contributed by atoms with Crippen molar-refractivity contribution in [3.63, 3.8) is 0 Å². The van der Waals surface area contributed by atoms with Gasteiger partial charge in [-0.3, -0.25) is 9.48 Å². The van der Waals surface area contributed by atoms with Crippen molar-refractivity contribution in [1.82, 2.24) is 19.7 Å². The van der Waals surface area contributed by atoms with Gasteiger partial charge in [-0.25, -0.2) is 9.97 Å². The Bertz CT molecular complexity index is 1270. The van der Waals surface area contributed by atoms with Gasteiger partial charge in [0.25, 0.3) is 5.91 Å². The predicted molar refractivity (Wildman–Crippen MR) is 116 cm³/mol. The SMILES string of the molecule is Cn1nc2cc(N3CC[C@@H](O)C3)c(NC(=O)c3cocn3)cc2c1-c1ccnc(N)c1. The van der Waals surface area contributed by atoms with Crippen LogP contribution >= 0.6 is 0 Å². The summed E-state index contributed by atoms with van der Waals surface area (Å²) in [5, 5.41) is 18.5. The van der Waals surface area contributed by atoms with Gasteiger partial charge in [0.15, 0.2) is 12.1 Å². The molecule has 3 aromatic heterocycles. The van der Waals surface area contributed by atoms with E-state index in [1.165, 1.54) is 12.7 Å². The molecule has 10 nitrogen and oxygen atoms in total. The quantitative estimate of drug-likeness (QED) is 0.457. The third-order valence-electron chi connectivity index (χ3n) is 5.42. The number of benzene rings is 1. The van der Waals surface area contributed by atoms with Gasteiger partial charge in [-0.15, -0.1) is 0 Å². The van der Waals surface area contributed by atoms with Gasteiger partial charge in [-0.05, 0) is 30.7 Å². The molecule has 4 aromatic rings. The Morgan fingerprint density at radius 3 is 2.90 bits per heavy atom. The van der Waals surface area contributed by atoms with E-state index in [-0.39, 0.29) is 11.6 Å². The van der Waals surface area contributed by atoms with Crippen molar-refractivity contribution in [1.29, 1.82) is 0 Å². The average Bonchev–Trinajstić information content (AvgIpc) is 3.47. The van der Waals surface area contributed by atoms with Crippen molar-refractivity contribution in [2.24, 2.45) is 7.05 Å². The summed E-state index contributed by atoms with van der Waals surface area (Å²) < 4.78 is 6.72. The fourth-order valence-corrected chi connectivity index (χ4v) is 4.01. The van der Waals surface area contributed by atoms with Gasteiger partial charge in [0.05, 0.1) is 28.7 Å². The maximum absolute atomic E-state index is 12.7. The van der Waals surface area contributed by atoms with Gasteiger partial charge in [0.1, 0.15) is 12.1 Å². The first-order valence-electron chi connectivity index (χ1n) is 9.85. The summed E-state index contributed by atoms with van der Waals surface area (Å²) in [6.45, 7) is 1.17. The van der Waals surface area contributed by atoms with Crippen LogP contribution in [0.5, 0.6) is 0 Å². The minimum Gasteiger partial charge on any atom is -0.451 e. The number of carbonyl (C=O) groups excluding carboxylic acids is 1. The predicted octanol–water partition coefficient (Wildman–Crippen LogP) is 2.03. The third kappa shape index (κ3) is 3.46. The van der Waals surface area contributed by atoms with Gasteiger partial charge < -0.3 is 25.5 Å². The molecule has 0 unspecified atom stereocenters. The number of nitrogens with one attached hydrogen (secondary N) is 1. The van der Waals surface area contributed by atoms with Gasteiger partial charge >= 0.3 is 0 Å². The molecule has 0 saturated carbocycles. The van der Waals surface area contributed by atoms with Crippen LogP contribution in [0, 0.1) is 0 Å². The number of anilines is 3. The molecule has 0 radical (unpaired) electrons. The van der Waals surface area contributed by atoms with Crippen LogP contribution < -0.4 is 16.0 Å². The molecule has 10 heteroatoms. The fraction of sp³-hybridized carbons (Fsp3) is 0.238. The molecule has 1 aliphatic heterocycles. The molecule has 0 bridgehead atoms. The van der Waals surface area contributed by atoms with Gasteiger partial charge in [-0.1, -0.05) is 0 Å². The number of pyridine rings is 1. The van der Waals surface area contributed by atoms with Crippen molar-refractivity contribution >= 4 is 34.0 Å². The van der Waals surface area contributed by atoms with Crippen molar-refractivity contribution in [3.05, 3.63) is 48.8 Å². The Morgan fingerprint density at radius 1 is 1.32 bits per heavy atom. The van der Waals surface area contributed by atoms with Gasteiger partial charge in [0, 0.05) is 37.3 Å². The standard InChI is InChI=1S/C21H21N7O3/c1-27-20(12-2-4-23-19(22)6-12)14-7-16(25-21(30)17-10-31-11-24-17)18(8-15(14)26-27)28-5-3-13(29)9-28/h2,4,6-8,10-11,13,29H,3,5,9H2,1H3,(H2,22,23)(H,25,30)/t13-/m1/s1. The number of carbonyl (C=O) groups is 1. The van der Waals surface area contributed by atoms with Crippen LogP contribution in [0.15, 0.2) is 47.5 Å². The van der Waals surface area contributed by atoms with Crippen LogP contribution in [0.4, 0.5) is 17.2 Å². The molecule has 1 saturated heterocycles. The zero-order valence-electron chi connectivity index (χ0n) is 16.8. The second-order valence-corrected chi connectivity index (χ2v) is 7.54. The lowest BCUT2D eigenvalue weighted by Gasteiger charge is -2.22. The molecule has 1 aliphatic rings. The number of hydrogen-bond acceptors (Lipinski definition) is 8. The Balaban J connectivity index is 1.65. The number of aryl methyl sites for hydroxylation is 1. The maximum atomic E-state index is 12.7. The van der Waals surface area contributed by atoms with E-state index in [2.05, 4.69) is 20.4 Å². The first kappa shape index (κ1) is 19.1. The van der Waals surface area contributed by atoms with Crippen LogP contribution in [-0.2, 0) is 7.05 Å². The van der Waals surface area contributed by atoms with Crippen molar-refractivity contribution < 1.29 is 14.3 Å². The molecule has 31 heavy (non-hydrogen) atoms. The minimum atomic E-state index is -0.408. The molecular formula is C21H21N7O3. The molecule has 4 N–H and O–H groups in total. The number of aliphatic hydroxyl groups is 1. The van der Waals surface area contributed by atoms with E-state index in [1.807, 2.05) is 30.1 Å². The Labute approximate surface area is 177 Å². The Morgan fingerprint density at radius 2 is 2.19 bits per heavy atom. The smallest absolute Gasteiger partial charge is 0.277 e. The molecule has 1 aromatic carbocycles. The van der Waals surface area contributed by atoms with Crippen molar-refractivity contribution in [2.45, 2.75) is 12.5 Å². The lowest BCUT2D eigenvalue weighted by molar-refractivity contribution is 0.102. The van der Waals surface area contributed by atoms with E-state index in [4.69, 9.17) is 10.2 Å². The van der Waals surface area contributed by atoms with E-state index in [9.17, 15) is 9.90 Å². The molecule has 1 fully saturated rings. The molecular weight excluding hydrogens is 398 g/mol. The van der Waals surface area contributed by atoms with E-state index >= 15 is 0 Å². The van der Waals surface area contributed by atoms with E-state index in [0.29, 0.717) is 31.0 Å². The zero-order valence-corrected chi connectivity index (χ0v) is 16.8. The van der Waals surface area contributed by atoms with Crippen molar-refractivity contribution in [3.8, 4) is 11.3 Å². The topological polar surface area (TPSA) is 135 Å². The zero-order chi connectivity index (χ0) is 21.5.